The Hall–Kier alpha value is -0.650. The molecule has 0 aliphatic carbocycles. The van der Waals surface area contributed by atoms with E-state index in [1.165, 1.54) is 0 Å². The summed E-state index contributed by atoms with van der Waals surface area (Å²) in [6, 6.07) is 0. The van der Waals surface area contributed by atoms with Crippen LogP contribution in [-0.4, -0.2) is 73.9 Å². The third-order valence-corrected chi connectivity index (χ3v) is 3.52. The van der Waals surface area contributed by atoms with Crippen LogP contribution in [0.4, 0.5) is 0 Å². The second-order valence-electron chi connectivity index (χ2n) is 5.79. The minimum absolute atomic E-state index is 0.292. The van der Waals surface area contributed by atoms with Crippen LogP contribution in [0.2, 0.25) is 0 Å². The molecule has 0 saturated carbocycles. The summed E-state index contributed by atoms with van der Waals surface area (Å²) in [5.74, 6) is -1.04. The number of carbonyl (C=O) groups is 1. The van der Waals surface area contributed by atoms with Crippen LogP contribution in [0.15, 0.2) is 0 Å². The Labute approximate surface area is 116 Å². The van der Waals surface area contributed by atoms with E-state index in [0.29, 0.717) is 12.6 Å². The zero-order valence-electron chi connectivity index (χ0n) is 12.5. The van der Waals surface area contributed by atoms with Gasteiger partial charge in [0.2, 0.25) is 0 Å². The van der Waals surface area contributed by atoms with E-state index in [1.807, 2.05) is 0 Å². The fourth-order valence-electron chi connectivity index (χ4n) is 2.41. The maximum atomic E-state index is 11.0. The van der Waals surface area contributed by atoms with Crippen molar-refractivity contribution in [3.05, 3.63) is 0 Å². The SMILES string of the molecule is CC(CN(CCCN(C)C)CC1CCCO1)C(=O)O. The number of carboxylic acids is 1. The Kier molecular flexibility index (Phi) is 7.34. The molecule has 1 N–H and O–H groups in total. The fraction of sp³-hybridized carbons (Fsp3) is 0.929. The molecule has 1 aliphatic heterocycles. The number of ether oxygens (including phenoxy) is 1. The van der Waals surface area contributed by atoms with E-state index >= 15 is 0 Å². The molecule has 112 valence electrons. The molecule has 0 amide bonds. The standard InChI is InChI=1S/C14H28N2O3/c1-12(14(17)18)10-16(8-5-7-15(2)3)11-13-6-4-9-19-13/h12-13H,4-11H2,1-3H3,(H,17,18). The van der Waals surface area contributed by atoms with Crippen LogP contribution in [0.5, 0.6) is 0 Å². The third-order valence-electron chi connectivity index (χ3n) is 3.52. The van der Waals surface area contributed by atoms with Crippen molar-refractivity contribution >= 4 is 5.97 Å². The van der Waals surface area contributed by atoms with Crippen LogP contribution >= 0.6 is 0 Å². The molecule has 0 aromatic carbocycles. The summed E-state index contributed by atoms with van der Waals surface area (Å²) in [6.45, 7) is 6.08. The first kappa shape index (κ1) is 16.4. The highest BCUT2D eigenvalue weighted by Crippen LogP contribution is 2.14. The molecule has 0 bridgehead atoms. The topological polar surface area (TPSA) is 53.0 Å². The van der Waals surface area contributed by atoms with Crippen molar-refractivity contribution in [1.82, 2.24) is 9.80 Å². The number of nitrogens with zero attached hydrogens (tertiary/aromatic N) is 2. The summed E-state index contributed by atoms with van der Waals surface area (Å²) in [5, 5.41) is 9.04. The van der Waals surface area contributed by atoms with Gasteiger partial charge >= 0.3 is 5.97 Å². The zero-order valence-corrected chi connectivity index (χ0v) is 12.5. The second kappa shape index (κ2) is 8.51. The minimum atomic E-state index is -0.718. The zero-order chi connectivity index (χ0) is 14.3. The van der Waals surface area contributed by atoms with Gasteiger partial charge in [-0.2, -0.15) is 0 Å². The van der Waals surface area contributed by atoms with Crippen molar-refractivity contribution < 1.29 is 14.6 Å². The first-order valence-corrected chi connectivity index (χ1v) is 7.20. The summed E-state index contributed by atoms with van der Waals surface area (Å²) in [4.78, 5) is 15.4. The molecule has 5 nitrogen and oxygen atoms in total. The Morgan fingerprint density at radius 2 is 2.16 bits per heavy atom. The molecule has 1 heterocycles. The highest BCUT2D eigenvalue weighted by molar-refractivity contribution is 5.69. The monoisotopic (exact) mass is 272 g/mol. The lowest BCUT2D eigenvalue weighted by molar-refractivity contribution is -0.141. The van der Waals surface area contributed by atoms with E-state index in [1.54, 1.807) is 6.92 Å². The van der Waals surface area contributed by atoms with Crippen molar-refractivity contribution in [1.29, 1.82) is 0 Å². The largest absolute Gasteiger partial charge is 0.481 e. The highest BCUT2D eigenvalue weighted by Gasteiger charge is 2.22. The van der Waals surface area contributed by atoms with Gasteiger partial charge in [-0.25, -0.2) is 0 Å². The third kappa shape index (κ3) is 6.89. The molecule has 0 radical (unpaired) electrons. The van der Waals surface area contributed by atoms with Crippen LogP contribution < -0.4 is 0 Å². The number of rotatable bonds is 9. The van der Waals surface area contributed by atoms with E-state index in [2.05, 4.69) is 23.9 Å². The summed E-state index contributed by atoms with van der Waals surface area (Å²) in [6.07, 6.45) is 3.59. The van der Waals surface area contributed by atoms with E-state index in [9.17, 15) is 4.79 Å². The van der Waals surface area contributed by atoms with Gasteiger partial charge in [0.15, 0.2) is 0 Å². The minimum Gasteiger partial charge on any atom is -0.481 e. The molecule has 1 saturated heterocycles. The number of hydrogen-bond acceptors (Lipinski definition) is 4. The Morgan fingerprint density at radius 1 is 1.42 bits per heavy atom. The predicted molar refractivity (Wildman–Crippen MR) is 75.4 cm³/mol. The Balaban J connectivity index is 2.38. The molecule has 0 aromatic rings. The molecule has 0 spiro atoms. The smallest absolute Gasteiger partial charge is 0.307 e. The van der Waals surface area contributed by atoms with Crippen LogP contribution in [0.1, 0.15) is 26.2 Å². The van der Waals surface area contributed by atoms with Gasteiger partial charge in [0, 0.05) is 19.7 Å². The number of carboxylic acid groups (broad SMARTS) is 1. The lowest BCUT2D eigenvalue weighted by Gasteiger charge is -2.27. The highest BCUT2D eigenvalue weighted by atomic mass is 16.5. The van der Waals surface area contributed by atoms with Gasteiger partial charge in [-0.05, 0) is 46.4 Å². The molecule has 0 aromatic heterocycles. The van der Waals surface area contributed by atoms with Crippen molar-refractivity contribution in [2.24, 2.45) is 5.92 Å². The van der Waals surface area contributed by atoms with E-state index in [4.69, 9.17) is 9.84 Å². The molecule has 5 heteroatoms. The van der Waals surface area contributed by atoms with Gasteiger partial charge in [0.1, 0.15) is 0 Å². The normalized spacial score (nSPS) is 21.2. The molecule has 2 unspecified atom stereocenters. The molecule has 19 heavy (non-hydrogen) atoms. The lowest BCUT2D eigenvalue weighted by atomic mass is 10.1. The Bertz CT molecular complexity index is 265. The predicted octanol–water partition coefficient (Wildman–Crippen LogP) is 1.14. The lowest BCUT2D eigenvalue weighted by Crippen LogP contribution is -2.38. The first-order chi connectivity index (χ1) is 8.99. The summed E-state index contributed by atoms with van der Waals surface area (Å²) < 4.78 is 5.65. The summed E-state index contributed by atoms with van der Waals surface area (Å²) in [5.41, 5.74) is 0. The van der Waals surface area contributed by atoms with E-state index in [-0.39, 0.29) is 5.92 Å². The molecular formula is C14H28N2O3. The molecule has 1 rings (SSSR count). The maximum absolute atomic E-state index is 11.0. The summed E-state index contributed by atoms with van der Waals surface area (Å²) >= 11 is 0. The molecule has 1 aliphatic rings. The van der Waals surface area contributed by atoms with E-state index in [0.717, 1.165) is 45.5 Å². The van der Waals surface area contributed by atoms with Crippen molar-refractivity contribution in [3.8, 4) is 0 Å². The summed E-state index contributed by atoms with van der Waals surface area (Å²) in [7, 11) is 4.12. The van der Waals surface area contributed by atoms with Crippen molar-refractivity contribution in [3.63, 3.8) is 0 Å². The first-order valence-electron chi connectivity index (χ1n) is 7.20. The van der Waals surface area contributed by atoms with Gasteiger partial charge in [-0.15, -0.1) is 0 Å². The second-order valence-corrected chi connectivity index (χ2v) is 5.79. The molecular weight excluding hydrogens is 244 g/mol. The van der Waals surface area contributed by atoms with Gasteiger partial charge < -0.3 is 14.7 Å². The fourth-order valence-corrected chi connectivity index (χ4v) is 2.41. The quantitative estimate of drug-likeness (QED) is 0.682. The molecule has 2 atom stereocenters. The average molecular weight is 272 g/mol. The van der Waals surface area contributed by atoms with Crippen LogP contribution in [-0.2, 0) is 9.53 Å². The van der Waals surface area contributed by atoms with Gasteiger partial charge in [0.05, 0.1) is 12.0 Å². The van der Waals surface area contributed by atoms with E-state index < -0.39 is 5.97 Å². The average Bonchev–Trinajstić information content (AvgIpc) is 2.80. The van der Waals surface area contributed by atoms with Gasteiger partial charge in [0.25, 0.3) is 0 Å². The number of hydrogen-bond donors (Lipinski definition) is 1. The Morgan fingerprint density at radius 3 is 2.68 bits per heavy atom. The maximum Gasteiger partial charge on any atom is 0.307 e. The number of aliphatic carboxylic acids is 1. The van der Waals surface area contributed by atoms with Gasteiger partial charge in [-0.3, -0.25) is 9.69 Å². The van der Waals surface area contributed by atoms with Crippen molar-refractivity contribution in [2.45, 2.75) is 32.3 Å². The van der Waals surface area contributed by atoms with Crippen LogP contribution in [0.3, 0.4) is 0 Å². The molecule has 1 fully saturated rings. The van der Waals surface area contributed by atoms with Crippen LogP contribution in [0, 0.1) is 5.92 Å². The van der Waals surface area contributed by atoms with Crippen molar-refractivity contribution in [2.75, 3.05) is 46.9 Å². The van der Waals surface area contributed by atoms with Crippen LogP contribution in [0.25, 0.3) is 0 Å². The van der Waals surface area contributed by atoms with Gasteiger partial charge in [-0.1, -0.05) is 6.92 Å².